The molecule has 0 aromatic carbocycles. The molecule has 10 nitrogen and oxygen atoms in total. The van der Waals surface area contributed by atoms with E-state index in [4.69, 9.17) is 9.47 Å². The summed E-state index contributed by atoms with van der Waals surface area (Å²) in [6, 6.07) is 0. The second-order valence-electron chi connectivity index (χ2n) is 5.70. The van der Waals surface area contributed by atoms with Crippen LogP contribution in [0.1, 0.15) is 13.8 Å². The van der Waals surface area contributed by atoms with Crippen molar-refractivity contribution in [3.8, 4) is 5.88 Å². The lowest BCUT2D eigenvalue weighted by molar-refractivity contribution is 0.102. The van der Waals surface area contributed by atoms with E-state index in [2.05, 4.69) is 19.9 Å². The molecule has 2 unspecified atom stereocenters. The highest BCUT2D eigenvalue weighted by atomic mass is 16.5. The fourth-order valence-electron chi connectivity index (χ4n) is 2.81. The maximum Gasteiger partial charge on any atom is 0.243 e. The lowest BCUT2D eigenvalue weighted by atomic mass is 10.3. The van der Waals surface area contributed by atoms with E-state index in [1.54, 1.807) is 0 Å². The van der Waals surface area contributed by atoms with Crippen LogP contribution in [0.15, 0.2) is 6.33 Å². The highest BCUT2D eigenvalue weighted by molar-refractivity contribution is 5.89. The number of methoxy groups -OCH3 is 1. The van der Waals surface area contributed by atoms with Gasteiger partial charge in [0.25, 0.3) is 0 Å². The SMILES string of the molecule is COc1ncnc2c(N3CCOCC3)nc(N(C(C)O)C(C)O)nc12. The van der Waals surface area contributed by atoms with Gasteiger partial charge in [0.05, 0.1) is 20.3 Å². The summed E-state index contributed by atoms with van der Waals surface area (Å²) in [6.45, 7) is 5.54. The summed E-state index contributed by atoms with van der Waals surface area (Å²) >= 11 is 0. The van der Waals surface area contributed by atoms with Crippen molar-refractivity contribution in [2.75, 3.05) is 43.2 Å². The zero-order chi connectivity index (χ0) is 18.0. The summed E-state index contributed by atoms with van der Waals surface area (Å²) in [7, 11) is 1.50. The number of aliphatic hydroxyl groups is 2. The molecule has 1 aliphatic rings. The number of hydrogen-bond acceptors (Lipinski definition) is 10. The molecule has 0 amide bonds. The van der Waals surface area contributed by atoms with Crippen molar-refractivity contribution in [3.05, 3.63) is 6.33 Å². The summed E-state index contributed by atoms with van der Waals surface area (Å²) in [4.78, 5) is 20.7. The Kier molecular flexibility index (Phi) is 5.11. The molecule has 10 heteroatoms. The average Bonchev–Trinajstić information content (AvgIpc) is 2.60. The number of hydrogen-bond donors (Lipinski definition) is 2. The average molecular weight is 350 g/mol. The van der Waals surface area contributed by atoms with Gasteiger partial charge in [-0.1, -0.05) is 0 Å². The molecule has 2 N–H and O–H groups in total. The van der Waals surface area contributed by atoms with Gasteiger partial charge in [-0.25, -0.2) is 9.97 Å². The number of nitrogens with zero attached hydrogens (tertiary/aromatic N) is 6. The van der Waals surface area contributed by atoms with Crippen LogP contribution in [0.4, 0.5) is 11.8 Å². The fourth-order valence-corrected chi connectivity index (χ4v) is 2.81. The quantitative estimate of drug-likeness (QED) is 0.699. The number of anilines is 2. The smallest absolute Gasteiger partial charge is 0.243 e. The summed E-state index contributed by atoms with van der Waals surface area (Å²) in [6.07, 6.45) is -0.564. The first-order valence-corrected chi connectivity index (χ1v) is 8.06. The molecule has 0 aliphatic carbocycles. The minimum atomic E-state index is -0.981. The van der Waals surface area contributed by atoms with Gasteiger partial charge in [0.2, 0.25) is 11.8 Å². The minimum absolute atomic E-state index is 0.173. The van der Waals surface area contributed by atoms with Crippen LogP contribution in [0.2, 0.25) is 0 Å². The van der Waals surface area contributed by atoms with Crippen LogP contribution < -0.4 is 14.5 Å². The Morgan fingerprint density at radius 2 is 1.80 bits per heavy atom. The number of aromatic nitrogens is 4. The number of fused-ring (bicyclic) bond motifs is 1. The normalized spacial score (nSPS) is 17.4. The first-order chi connectivity index (χ1) is 12.0. The van der Waals surface area contributed by atoms with E-state index >= 15 is 0 Å². The molecule has 2 aromatic heterocycles. The molecule has 0 spiro atoms. The van der Waals surface area contributed by atoms with Crippen LogP contribution in [0, 0.1) is 0 Å². The second-order valence-corrected chi connectivity index (χ2v) is 5.70. The van der Waals surface area contributed by atoms with Crippen LogP contribution in [0.25, 0.3) is 11.0 Å². The van der Waals surface area contributed by atoms with E-state index < -0.39 is 12.5 Å². The summed E-state index contributed by atoms with van der Waals surface area (Å²) < 4.78 is 10.7. The molecule has 2 atom stereocenters. The molecule has 3 heterocycles. The van der Waals surface area contributed by atoms with E-state index in [1.807, 2.05) is 4.90 Å². The first kappa shape index (κ1) is 17.5. The van der Waals surface area contributed by atoms with Gasteiger partial charge >= 0.3 is 0 Å². The largest absolute Gasteiger partial charge is 0.479 e. The predicted octanol–water partition coefficient (Wildman–Crippen LogP) is -0.252. The lowest BCUT2D eigenvalue weighted by Gasteiger charge is -2.31. The molecule has 136 valence electrons. The minimum Gasteiger partial charge on any atom is -0.479 e. The van der Waals surface area contributed by atoms with Crippen molar-refractivity contribution in [2.24, 2.45) is 0 Å². The zero-order valence-corrected chi connectivity index (χ0v) is 14.5. The van der Waals surface area contributed by atoms with Crippen LogP contribution in [-0.4, -0.2) is 76.0 Å². The van der Waals surface area contributed by atoms with Crippen molar-refractivity contribution < 1.29 is 19.7 Å². The van der Waals surface area contributed by atoms with Gasteiger partial charge < -0.3 is 24.6 Å². The maximum atomic E-state index is 10.0. The topological polar surface area (TPSA) is 117 Å². The Morgan fingerprint density at radius 3 is 2.40 bits per heavy atom. The van der Waals surface area contributed by atoms with Gasteiger partial charge in [0.1, 0.15) is 24.3 Å². The molecule has 3 rings (SSSR count). The summed E-state index contributed by atoms with van der Waals surface area (Å²) in [5, 5.41) is 20.1. The second kappa shape index (κ2) is 7.30. The third-order valence-electron chi connectivity index (χ3n) is 3.96. The van der Waals surface area contributed by atoms with Gasteiger partial charge in [0, 0.05) is 13.1 Å². The molecular weight excluding hydrogens is 328 g/mol. The Labute approximate surface area is 145 Å². The van der Waals surface area contributed by atoms with Crippen LogP contribution in [0.3, 0.4) is 0 Å². The van der Waals surface area contributed by atoms with Crippen LogP contribution in [0.5, 0.6) is 5.88 Å². The Balaban J connectivity index is 2.21. The summed E-state index contributed by atoms with van der Waals surface area (Å²) in [5.41, 5.74) is 0.969. The number of aliphatic hydroxyl groups excluding tert-OH is 2. The highest BCUT2D eigenvalue weighted by Gasteiger charge is 2.26. The number of morpholine rings is 1. The molecule has 2 aromatic rings. The first-order valence-electron chi connectivity index (χ1n) is 8.06. The van der Waals surface area contributed by atoms with Gasteiger partial charge in [-0.2, -0.15) is 9.97 Å². The monoisotopic (exact) mass is 350 g/mol. The zero-order valence-electron chi connectivity index (χ0n) is 14.5. The van der Waals surface area contributed by atoms with E-state index in [1.165, 1.54) is 32.2 Å². The third-order valence-corrected chi connectivity index (χ3v) is 3.96. The molecule has 0 bridgehead atoms. The van der Waals surface area contributed by atoms with E-state index in [-0.39, 0.29) is 5.95 Å². The molecule has 0 radical (unpaired) electrons. The van der Waals surface area contributed by atoms with E-state index in [0.29, 0.717) is 49.0 Å². The highest BCUT2D eigenvalue weighted by Crippen LogP contribution is 2.30. The van der Waals surface area contributed by atoms with Crippen molar-refractivity contribution >= 4 is 22.8 Å². The molecule has 1 fully saturated rings. The van der Waals surface area contributed by atoms with Crippen LogP contribution >= 0.6 is 0 Å². The van der Waals surface area contributed by atoms with Crippen molar-refractivity contribution in [1.29, 1.82) is 0 Å². The predicted molar refractivity (Wildman–Crippen MR) is 90.6 cm³/mol. The van der Waals surface area contributed by atoms with Gasteiger partial charge in [-0.15, -0.1) is 0 Å². The standard InChI is InChI=1S/C15H22N6O4/c1-9(22)21(10(2)23)15-18-12-11(16-8-17-14(12)24-3)13(19-15)20-4-6-25-7-5-20/h8-10,22-23H,4-7H2,1-3H3. The van der Waals surface area contributed by atoms with Crippen molar-refractivity contribution in [1.82, 2.24) is 19.9 Å². The van der Waals surface area contributed by atoms with E-state index in [0.717, 1.165) is 0 Å². The molecule has 1 aliphatic heterocycles. The maximum absolute atomic E-state index is 10.0. The number of rotatable bonds is 5. The molecule has 25 heavy (non-hydrogen) atoms. The molecule has 0 saturated carbocycles. The Hall–Kier alpha value is -2.30. The molecule has 1 saturated heterocycles. The van der Waals surface area contributed by atoms with Crippen molar-refractivity contribution in [2.45, 2.75) is 26.3 Å². The van der Waals surface area contributed by atoms with Gasteiger partial charge in [0.15, 0.2) is 11.3 Å². The fraction of sp³-hybridized carbons (Fsp3) is 0.600. The van der Waals surface area contributed by atoms with Gasteiger partial charge in [-0.3, -0.25) is 4.90 Å². The summed E-state index contributed by atoms with van der Waals surface area (Å²) in [5.74, 6) is 1.07. The van der Waals surface area contributed by atoms with E-state index in [9.17, 15) is 10.2 Å². The lowest BCUT2D eigenvalue weighted by Crippen LogP contribution is -2.42. The molecular formula is C15H22N6O4. The van der Waals surface area contributed by atoms with Gasteiger partial charge in [-0.05, 0) is 13.8 Å². The number of ether oxygens (including phenoxy) is 2. The van der Waals surface area contributed by atoms with Crippen LogP contribution in [-0.2, 0) is 4.74 Å². The Morgan fingerprint density at radius 1 is 1.12 bits per heavy atom. The Bertz CT molecular complexity index is 727. The van der Waals surface area contributed by atoms with Crippen molar-refractivity contribution in [3.63, 3.8) is 0 Å². The third kappa shape index (κ3) is 3.41.